The third kappa shape index (κ3) is 1.10. The van der Waals surface area contributed by atoms with Crippen LogP contribution in [0.4, 0.5) is 0 Å². The van der Waals surface area contributed by atoms with Crippen LogP contribution in [-0.4, -0.2) is 24.3 Å². The monoisotopic (exact) mass is 315 g/mol. The zero-order valence-electron chi connectivity index (χ0n) is 15.2. The van der Waals surface area contributed by atoms with Gasteiger partial charge in [0, 0.05) is 29.5 Å². The highest BCUT2D eigenvalue weighted by atomic mass is 16.5. The largest absolute Gasteiger partial charge is 0.374 e. The Morgan fingerprint density at radius 2 is 1.87 bits per heavy atom. The van der Waals surface area contributed by atoms with Crippen LogP contribution in [-0.2, 0) is 4.74 Å². The normalized spacial score (nSPS) is 65.2. The molecule has 0 aromatic carbocycles. The fraction of sp³-hybridized carbons (Fsp3) is 1.00. The van der Waals surface area contributed by atoms with E-state index in [-0.39, 0.29) is 5.60 Å². The van der Waals surface area contributed by atoms with Crippen molar-refractivity contribution >= 4 is 0 Å². The molecule has 2 heteroatoms. The summed E-state index contributed by atoms with van der Waals surface area (Å²) < 4.78 is 6.90. The summed E-state index contributed by atoms with van der Waals surface area (Å²) in [6, 6.07) is 1.50. The van der Waals surface area contributed by atoms with Gasteiger partial charge >= 0.3 is 0 Å². The Kier molecular flexibility index (Phi) is 2.36. The summed E-state index contributed by atoms with van der Waals surface area (Å²) in [5, 5.41) is 4.34. The van der Waals surface area contributed by atoms with E-state index in [4.69, 9.17) is 4.74 Å². The van der Waals surface area contributed by atoms with Crippen molar-refractivity contribution in [3.05, 3.63) is 0 Å². The molecular weight excluding hydrogens is 282 g/mol. The van der Waals surface area contributed by atoms with E-state index in [1.54, 1.807) is 0 Å². The minimum atomic E-state index is 0.246. The zero-order chi connectivity index (χ0) is 15.7. The van der Waals surface area contributed by atoms with Crippen LogP contribution in [0.5, 0.6) is 0 Å². The highest BCUT2D eigenvalue weighted by molar-refractivity contribution is 5.38. The predicted molar refractivity (Wildman–Crippen MR) is 91.1 cm³/mol. The summed E-state index contributed by atoms with van der Waals surface area (Å²) in [5.41, 5.74) is 1.73. The van der Waals surface area contributed by atoms with Crippen LogP contribution in [0, 0.1) is 34.0 Å². The van der Waals surface area contributed by atoms with Gasteiger partial charge in [0.1, 0.15) is 0 Å². The lowest BCUT2D eigenvalue weighted by Gasteiger charge is -2.77. The molecule has 4 aliphatic carbocycles. The van der Waals surface area contributed by atoms with E-state index in [9.17, 15) is 0 Å². The van der Waals surface area contributed by atoms with Gasteiger partial charge in [-0.3, -0.25) is 0 Å². The number of nitrogens with one attached hydrogen (secondary N) is 1. The van der Waals surface area contributed by atoms with Crippen molar-refractivity contribution in [3.63, 3.8) is 0 Å². The van der Waals surface area contributed by atoms with Gasteiger partial charge in [0.25, 0.3) is 0 Å². The van der Waals surface area contributed by atoms with Crippen LogP contribution in [0.1, 0.15) is 72.1 Å². The van der Waals surface area contributed by atoms with Crippen molar-refractivity contribution in [3.8, 4) is 0 Å². The molecule has 0 unspecified atom stereocenters. The van der Waals surface area contributed by atoms with Crippen molar-refractivity contribution in [1.82, 2.24) is 5.32 Å². The molecule has 128 valence electrons. The lowest BCUT2D eigenvalue weighted by atomic mass is 9.33. The van der Waals surface area contributed by atoms with Crippen LogP contribution < -0.4 is 5.32 Å². The summed E-state index contributed by atoms with van der Waals surface area (Å²) in [4.78, 5) is 0. The van der Waals surface area contributed by atoms with E-state index >= 15 is 0 Å². The minimum Gasteiger partial charge on any atom is -0.374 e. The first kappa shape index (κ1) is 14.1. The zero-order valence-corrected chi connectivity index (χ0v) is 15.2. The molecule has 0 radical (unpaired) electrons. The Balaban J connectivity index is 1.64. The van der Waals surface area contributed by atoms with Gasteiger partial charge in [0.15, 0.2) is 0 Å². The van der Waals surface area contributed by atoms with Crippen LogP contribution >= 0.6 is 0 Å². The second-order valence-corrected chi connectivity index (χ2v) is 10.5. The third-order valence-corrected chi connectivity index (χ3v) is 10.4. The van der Waals surface area contributed by atoms with Crippen LogP contribution in [0.15, 0.2) is 0 Å². The molecule has 0 aromatic rings. The first-order chi connectivity index (χ1) is 11.0. The van der Waals surface area contributed by atoms with Crippen molar-refractivity contribution in [2.75, 3.05) is 6.61 Å². The molecule has 8 atom stereocenters. The topological polar surface area (TPSA) is 21.3 Å². The van der Waals surface area contributed by atoms with Crippen LogP contribution in [0.3, 0.4) is 0 Å². The van der Waals surface area contributed by atoms with Crippen molar-refractivity contribution < 1.29 is 4.74 Å². The molecule has 4 saturated carbocycles. The summed E-state index contributed by atoms with van der Waals surface area (Å²) in [6.45, 7) is 8.68. The lowest BCUT2D eigenvalue weighted by Crippen LogP contribution is -2.85. The van der Waals surface area contributed by atoms with Crippen molar-refractivity contribution in [2.45, 2.75) is 89.8 Å². The quantitative estimate of drug-likeness (QED) is 0.785. The molecule has 7 fully saturated rings. The summed E-state index contributed by atoms with van der Waals surface area (Å²) in [7, 11) is 0. The molecule has 7 aliphatic rings. The third-order valence-electron chi connectivity index (χ3n) is 10.4. The van der Waals surface area contributed by atoms with Crippen molar-refractivity contribution in [1.29, 1.82) is 0 Å². The Morgan fingerprint density at radius 3 is 2.70 bits per heavy atom. The van der Waals surface area contributed by atoms with Gasteiger partial charge in [-0.05, 0) is 74.5 Å². The van der Waals surface area contributed by atoms with E-state index in [0.29, 0.717) is 16.2 Å². The molecule has 0 amide bonds. The Morgan fingerprint density at radius 1 is 1.00 bits per heavy atom. The summed E-state index contributed by atoms with van der Waals surface area (Å²) >= 11 is 0. The fourth-order valence-corrected chi connectivity index (χ4v) is 9.94. The second kappa shape index (κ2) is 3.85. The maximum atomic E-state index is 6.90. The second-order valence-electron chi connectivity index (χ2n) is 10.5. The first-order valence-electron chi connectivity index (χ1n) is 10.4. The number of hydrogen-bond acceptors (Lipinski definition) is 2. The molecule has 7 rings (SSSR count). The fourth-order valence-electron chi connectivity index (χ4n) is 9.94. The molecule has 3 heterocycles. The molecule has 3 saturated heterocycles. The van der Waals surface area contributed by atoms with Crippen LogP contribution in [0.2, 0.25) is 0 Å². The summed E-state index contributed by atoms with van der Waals surface area (Å²) in [6.07, 6.45) is 11.4. The van der Waals surface area contributed by atoms with Gasteiger partial charge in [-0.2, -0.15) is 0 Å². The van der Waals surface area contributed by atoms with Gasteiger partial charge in [0.2, 0.25) is 0 Å². The molecule has 0 aromatic heterocycles. The van der Waals surface area contributed by atoms with E-state index in [1.165, 1.54) is 51.4 Å². The van der Waals surface area contributed by atoms with Gasteiger partial charge in [-0.1, -0.05) is 20.8 Å². The molecule has 3 spiro atoms. The Labute approximate surface area is 141 Å². The highest BCUT2D eigenvalue weighted by Crippen LogP contribution is 2.84. The Bertz CT molecular complexity index is 570. The average molecular weight is 316 g/mol. The van der Waals surface area contributed by atoms with E-state index in [2.05, 4.69) is 26.1 Å². The number of hydrogen-bond donors (Lipinski definition) is 1. The SMILES string of the molecule is CC(C)[C@H]1CC[C@@]2(C)[C@H]3CC[C@]45CCC[C@]46OCC[C@@]62[C@H]1N[C@H]35. The van der Waals surface area contributed by atoms with Gasteiger partial charge in [0.05, 0.1) is 5.60 Å². The number of piperidine rings is 2. The molecule has 23 heavy (non-hydrogen) atoms. The number of ether oxygens (including phenoxy) is 1. The lowest BCUT2D eigenvalue weighted by molar-refractivity contribution is -0.295. The van der Waals surface area contributed by atoms with E-state index in [1.807, 2.05) is 0 Å². The van der Waals surface area contributed by atoms with Crippen molar-refractivity contribution in [2.24, 2.45) is 34.0 Å². The summed E-state index contributed by atoms with van der Waals surface area (Å²) in [5.74, 6) is 2.60. The average Bonchev–Trinajstić information content (AvgIpc) is 3.16. The Hall–Kier alpha value is -0.0800. The standard InChI is InChI=1S/C21H33NO/c1-13(2)14-5-9-18(3)15-6-10-19-7-4-8-21(19)20(18,11-12-23-21)16(14)22-17(15)19/h13-17,22H,4-12H2,1-3H3/t14-,15+,16+,17-,18+,19+,20+,21+/m1/s1. The molecular formula is C21H33NO. The van der Waals surface area contributed by atoms with E-state index < -0.39 is 0 Å². The van der Waals surface area contributed by atoms with Gasteiger partial charge < -0.3 is 10.1 Å². The smallest absolute Gasteiger partial charge is 0.0830 e. The number of rotatable bonds is 1. The van der Waals surface area contributed by atoms with E-state index in [0.717, 1.165) is 36.4 Å². The molecule has 2 nitrogen and oxygen atoms in total. The minimum absolute atomic E-state index is 0.246. The maximum Gasteiger partial charge on any atom is 0.0830 e. The predicted octanol–water partition coefficient (Wildman–Crippen LogP) is 4.14. The molecule has 6 bridgehead atoms. The first-order valence-corrected chi connectivity index (χ1v) is 10.4. The molecule has 3 aliphatic heterocycles. The van der Waals surface area contributed by atoms with Crippen LogP contribution in [0.25, 0.3) is 0 Å². The van der Waals surface area contributed by atoms with Gasteiger partial charge in [-0.15, -0.1) is 0 Å². The molecule has 1 N–H and O–H groups in total. The highest BCUT2D eigenvalue weighted by Gasteiger charge is 2.87. The maximum absolute atomic E-state index is 6.90. The van der Waals surface area contributed by atoms with Gasteiger partial charge in [-0.25, -0.2) is 0 Å².